The van der Waals surface area contributed by atoms with Crippen LogP contribution in [0.3, 0.4) is 0 Å². The molecule has 0 unspecified atom stereocenters. The Morgan fingerprint density at radius 1 is 1.21 bits per heavy atom. The van der Waals surface area contributed by atoms with E-state index in [-0.39, 0.29) is 11.3 Å². The van der Waals surface area contributed by atoms with E-state index in [4.69, 9.17) is 15.3 Å². The lowest BCUT2D eigenvalue weighted by Crippen LogP contribution is -2.51. The minimum absolute atomic E-state index is 0.243. The lowest BCUT2D eigenvalue weighted by molar-refractivity contribution is -0.141. The van der Waals surface area contributed by atoms with Crippen LogP contribution in [0.25, 0.3) is 0 Å². The molecule has 0 bridgehead atoms. The highest BCUT2D eigenvalue weighted by molar-refractivity contribution is 5.82. The van der Waals surface area contributed by atoms with E-state index >= 15 is 0 Å². The van der Waals surface area contributed by atoms with Crippen LogP contribution in [-0.4, -0.2) is 70.7 Å². The summed E-state index contributed by atoms with van der Waals surface area (Å²) >= 11 is 0. The summed E-state index contributed by atoms with van der Waals surface area (Å²) in [4.78, 5) is 22.4. The van der Waals surface area contributed by atoms with Crippen LogP contribution < -0.4 is 5.32 Å². The summed E-state index contributed by atoms with van der Waals surface area (Å²) in [6, 6.07) is -2.76. The molecule has 112 valence electrons. The highest BCUT2D eigenvalue weighted by atomic mass is 19.4. The maximum Gasteiger partial charge on any atom is 0.406 e. The number of alkyl halides is 3. The zero-order chi connectivity index (χ0) is 15.1. The van der Waals surface area contributed by atoms with Crippen molar-refractivity contribution in [2.24, 2.45) is 0 Å². The molecule has 19 heavy (non-hydrogen) atoms. The molecule has 0 aromatic heterocycles. The number of urea groups is 1. The molecule has 0 saturated carbocycles. The molecule has 0 aliphatic carbocycles. The third-order valence-corrected chi connectivity index (χ3v) is 2.04. The van der Waals surface area contributed by atoms with Crippen molar-refractivity contribution in [3.05, 3.63) is 0 Å². The van der Waals surface area contributed by atoms with Crippen LogP contribution in [-0.2, 0) is 4.79 Å². The number of hydrogen-bond donors (Lipinski definition) is 4. The molecular weight excluding hydrogens is 273 g/mol. The lowest BCUT2D eigenvalue weighted by Gasteiger charge is -2.25. The number of carboxylic acids is 1. The maximum atomic E-state index is 12.2. The molecule has 7 nitrogen and oxygen atoms in total. The second kappa shape index (κ2) is 7.79. The van der Waals surface area contributed by atoms with Crippen LogP contribution in [0, 0.1) is 0 Å². The number of aliphatic carboxylic acids is 1. The number of halogens is 3. The minimum atomic E-state index is -4.66. The molecule has 4 N–H and O–H groups in total. The Balaban J connectivity index is 4.65. The van der Waals surface area contributed by atoms with Gasteiger partial charge in [0, 0.05) is 19.6 Å². The third-order valence-electron chi connectivity index (χ3n) is 2.04. The van der Waals surface area contributed by atoms with Gasteiger partial charge in [0.1, 0.15) is 12.6 Å². The summed E-state index contributed by atoms with van der Waals surface area (Å²) < 4.78 is 36.5. The van der Waals surface area contributed by atoms with E-state index in [2.05, 4.69) is 0 Å². The summed E-state index contributed by atoms with van der Waals surface area (Å²) in [6.45, 7) is -3.43. The van der Waals surface area contributed by atoms with Crippen molar-refractivity contribution in [3.8, 4) is 0 Å². The minimum Gasteiger partial charge on any atom is -0.480 e. The number of rotatable bonds is 7. The number of carboxylic acid groups (broad SMARTS) is 1. The first-order valence-corrected chi connectivity index (χ1v) is 5.28. The van der Waals surface area contributed by atoms with Crippen molar-refractivity contribution >= 4 is 12.0 Å². The normalized spacial score (nSPS) is 12.9. The number of carbonyl (C=O) groups excluding carboxylic acids is 1. The van der Waals surface area contributed by atoms with E-state index < -0.39 is 50.5 Å². The molecule has 0 radical (unpaired) electrons. The van der Waals surface area contributed by atoms with Gasteiger partial charge in [-0.2, -0.15) is 13.2 Å². The number of aliphatic hydroxyl groups is 2. The standard InChI is InChI=1S/C9H15F3N2O5/c10-9(11,12)5-14(2-4-16)8(19)13-6(1-3-15)7(17)18/h6,15-16H,1-5H2,(H,13,19)(H,17,18)/t6-/m1/s1. The maximum absolute atomic E-state index is 12.2. The molecular formula is C9H15F3N2O5. The van der Waals surface area contributed by atoms with Crippen LogP contribution >= 0.6 is 0 Å². The Bertz CT molecular complexity index is 311. The molecule has 0 aromatic carbocycles. The van der Waals surface area contributed by atoms with Gasteiger partial charge in [0.2, 0.25) is 0 Å². The van der Waals surface area contributed by atoms with Gasteiger partial charge >= 0.3 is 18.2 Å². The van der Waals surface area contributed by atoms with Crippen LogP contribution in [0.2, 0.25) is 0 Å². The molecule has 0 aromatic rings. The fraction of sp³-hybridized carbons (Fsp3) is 0.778. The summed E-state index contributed by atoms with van der Waals surface area (Å²) in [5.41, 5.74) is 0. The fourth-order valence-electron chi connectivity index (χ4n) is 1.22. The molecule has 0 spiro atoms. The van der Waals surface area contributed by atoms with Crippen molar-refractivity contribution in [3.63, 3.8) is 0 Å². The van der Waals surface area contributed by atoms with Crippen molar-refractivity contribution in [1.29, 1.82) is 0 Å². The Kier molecular flexibility index (Phi) is 7.16. The Morgan fingerprint density at radius 3 is 2.16 bits per heavy atom. The fourth-order valence-corrected chi connectivity index (χ4v) is 1.22. The molecule has 0 aliphatic rings. The van der Waals surface area contributed by atoms with Crippen molar-refractivity contribution in [1.82, 2.24) is 10.2 Å². The van der Waals surface area contributed by atoms with Gasteiger partial charge in [-0.15, -0.1) is 0 Å². The molecule has 0 saturated heterocycles. The Hall–Kier alpha value is -1.55. The van der Waals surface area contributed by atoms with E-state index in [1.54, 1.807) is 0 Å². The SMILES string of the molecule is O=C(O)[C@@H](CCO)NC(=O)N(CCO)CC(F)(F)F. The number of hydrogen-bond acceptors (Lipinski definition) is 4. The first-order valence-electron chi connectivity index (χ1n) is 5.28. The van der Waals surface area contributed by atoms with Gasteiger partial charge in [-0.05, 0) is 0 Å². The average molecular weight is 288 g/mol. The number of aliphatic hydroxyl groups excluding tert-OH is 2. The van der Waals surface area contributed by atoms with Crippen molar-refractivity contribution in [2.45, 2.75) is 18.6 Å². The summed E-state index contributed by atoms with van der Waals surface area (Å²) in [6.07, 6.45) is -5.00. The predicted octanol–water partition coefficient (Wildman–Crippen LogP) is -0.612. The van der Waals surface area contributed by atoms with Crippen LogP contribution in [0.4, 0.5) is 18.0 Å². The lowest BCUT2D eigenvalue weighted by atomic mass is 10.2. The molecule has 2 amide bonds. The van der Waals surface area contributed by atoms with E-state index in [9.17, 15) is 22.8 Å². The first-order chi connectivity index (χ1) is 8.71. The van der Waals surface area contributed by atoms with Crippen molar-refractivity contribution < 1.29 is 38.1 Å². The van der Waals surface area contributed by atoms with Gasteiger partial charge in [0.25, 0.3) is 0 Å². The zero-order valence-electron chi connectivity index (χ0n) is 9.85. The zero-order valence-corrected chi connectivity index (χ0v) is 9.85. The second-order valence-corrected chi connectivity index (χ2v) is 3.61. The quantitative estimate of drug-likeness (QED) is 0.499. The Morgan fingerprint density at radius 2 is 1.79 bits per heavy atom. The van der Waals surface area contributed by atoms with Gasteiger partial charge in [0.15, 0.2) is 0 Å². The monoisotopic (exact) mass is 288 g/mol. The smallest absolute Gasteiger partial charge is 0.406 e. The second-order valence-electron chi connectivity index (χ2n) is 3.61. The van der Waals surface area contributed by atoms with Gasteiger partial charge in [-0.3, -0.25) is 0 Å². The predicted molar refractivity (Wildman–Crippen MR) is 56.4 cm³/mol. The van der Waals surface area contributed by atoms with Crippen LogP contribution in [0.5, 0.6) is 0 Å². The number of carbonyl (C=O) groups is 2. The molecule has 0 heterocycles. The molecule has 10 heteroatoms. The van der Waals surface area contributed by atoms with E-state index in [0.29, 0.717) is 0 Å². The molecule has 0 fully saturated rings. The molecule has 1 atom stereocenters. The number of amides is 2. The summed E-state index contributed by atoms with van der Waals surface area (Å²) in [7, 11) is 0. The van der Waals surface area contributed by atoms with E-state index in [1.807, 2.05) is 5.32 Å². The Labute approximate surface area is 106 Å². The van der Waals surface area contributed by atoms with E-state index in [0.717, 1.165) is 0 Å². The highest BCUT2D eigenvalue weighted by Crippen LogP contribution is 2.16. The third kappa shape index (κ3) is 7.47. The average Bonchev–Trinajstić information content (AvgIpc) is 2.25. The van der Waals surface area contributed by atoms with Gasteiger partial charge < -0.3 is 25.5 Å². The van der Waals surface area contributed by atoms with Crippen LogP contribution in [0.1, 0.15) is 6.42 Å². The van der Waals surface area contributed by atoms with Crippen molar-refractivity contribution in [2.75, 3.05) is 26.3 Å². The molecule has 0 rings (SSSR count). The topological polar surface area (TPSA) is 110 Å². The van der Waals surface area contributed by atoms with Gasteiger partial charge in [-0.25, -0.2) is 9.59 Å². The van der Waals surface area contributed by atoms with Crippen LogP contribution in [0.15, 0.2) is 0 Å². The largest absolute Gasteiger partial charge is 0.480 e. The van der Waals surface area contributed by atoms with Gasteiger partial charge in [0.05, 0.1) is 6.61 Å². The summed E-state index contributed by atoms with van der Waals surface area (Å²) in [5.74, 6) is -1.47. The first kappa shape index (κ1) is 17.4. The van der Waals surface area contributed by atoms with E-state index in [1.165, 1.54) is 0 Å². The number of nitrogens with zero attached hydrogens (tertiary/aromatic N) is 1. The highest BCUT2D eigenvalue weighted by Gasteiger charge is 2.33. The summed E-state index contributed by atoms with van der Waals surface area (Å²) in [5, 5.41) is 27.7. The van der Waals surface area contributed by atoms with Gasteiger partial charge in [-0.1, -0.05) is 0 Å². The number of nitrogens with one attached hydrogen (secondary N) is 1. The molecule has 0 aliphatic heterocycles.